The predicted molar refractivity (Wildman–Crippen MR) is 106 cm³/mol. The Balaban J connectivity index is 1.81. The molecule has 0 aliphatic carbocycles. The van der Waals surface area contributed by atoms with E-state index in [-0.39, 0.29) is 17.0 Å². The van der Waals surface area contributed by atoms with E-state index < -0.39 is 11.9 Å². The lowest BCUT2D eigenvalue weighted by atomic mass is 9.89. The van der Waals surface area contributed by atoms with E-state index in [0.29, 0.717) is 23.5 Å². The molecule has 2 N–H and O–H groups in total. The smallest absolute Gasteiger partial charge is 0.401 e. The Kier molecular flexibility index (Phi) is 4.64. The third-order valence-electron chi connectivity index (χ3n) is 5.27. The van der Waals surface area contributed by atoms with Gasteiger partial charge in [0.1, 0.15) is 0 Å². The normalized spacial score (nSPS) is 18.1. The SMILES string of the molecule is CC1=C(N)C(c2ccccc2)CCN=C1c1cnc2c(c1)c(C(F)(F)F)nn2C. The van der Waals surface area contributed by atoms with Gasteiger partial charge >= 0.3 is 6.18 Å². The van der Waals surface area contributed by atoms with Gasteiger partial charge in [0, 0.05) is 37.0 Å². The number of aliphatic imine (C=N–C) groups is 1. The molecular weight excluding hydrogens is 379 g/mol. The third-order valence-corrected chi connectivity index (χ3v) is 5.27. The molecule has 0 bridgehead atoms. The molecule has 1 aromatic carbocycles. The summed E-state index contributed by atoms with van der Waals surface area (Å²) < 4.78 is 41.3. The average Bonchev–Trinajstić information content (AvgIpc) is 2.96. The van der Waals surface area contributed by atoms with Gasteiger partial charge in [-0.3, -0.25) is 4.99 Å². The van der Waals surface area contributed by atoms with E-state index in [4.69, 9.17) is 5.73 Å². The van der Waals surface area contributed by atoms with Crippen LogP contribution in [0.4, 0.5) is 13.2 Å². The highest BCUT2D eigenvalue weighted by atomic mass is 19.4. The molecule has 150 valence electrons. The average molecular weight is 399 g/mol. The summed E-state index contributed by atoms with van der Waals surface area (Å²) in [5.41, 5.74) is 9.32. The zero-order chi connectivity index (χ0) is 20.8. The lowest BCUT2D eigenvalue weighted by Gasteiger charge is -2.17. The van der Waals surface area contributed by atoms with Crippen molar-refractivity contribution in [1.82, 2.24) is 14.8 Å². The van der Waals surface area contributed by atoms with Crippen LogP contribution in [0.2, 0.25) is 0 Å². The lowest BCUT2D eigenvalue weighted by molar-refractivity contribution is -0.140. The Morgan fingerprint density at radius 2 is 1.90 bits per heavy atom. The minimum atomic E-state index is -4.56. The second kappa shape index (κ2) is 7.02. The van der Waals surface area contributed by atoms with Crippen LogP contribution >= 0.6 is 0 Å². The van der Waals surface area contributed by atoms with Gasteiger partial charge in [-0.15, -0.1) is 0 Å². The van der Waals surface area contributed by atoms with Crippen LogP contribution in [0.5, 0.6) is 0 Å². The van der Waals surface area contributed by atoms with Crippen molar-refractivity contribution in [2.45, 2.75) is 25.4 Å². The number of pyridine rings is 1. The van der Waals surface area contributed by atoms with Crippen molar-refractivity contribution in [3.05, 3.63) is 70.7 Å². The van der Waals surface area contributed by atoms with Crippen LogP contribution in [0.15, 0.2) is 58.9 Å². The topological polar surface area (TPSA) is 69.1 Å². The molecule has 1 aliphatic rings. The molecule has 8 heteroatoms. The van der Waals surface area contributed by atoms with E-state index in [9.17, 15) is 13.2 Å². The monoisotopic (exact) mass is 399 g/mol. The van der Waals surface area contributed by atoms with Gasteiger partial charge in [0.05, 0.1) is 11.1 Å². The van der Waals surface area contributed by atoms with Crippen LogP contribution in [-0.2, 0) is 13.2 Å². The van der Waals surface area contributed by atoms with Gasteiger partial charge in [-0.1, -0.05) is 30.3 Å². The highest BCUT2D eigenvalue weighted by Gasteiger charge is 2.37. The number of hydrogen-bond acceptors (Lipinski definition) is 4. The second-order valence-electron chi connectivity index (χ2n) is 7.13. The van der Waals surface area contributed by atoms with Gasteiger partial charge in [0.2, 0.25) is 0 Å². The quantitative estimate of drug-likeness (QED) is 0.702. The van der Waals surface area contributed by atoms with Crippen molar-refractivity contribution in [1.29, 1.82) is 0 Å². The molecule has 3 aromatic rings. The fourth-order valence-corrected chi connectivity index (χ4v) is 3.80. The molecule has 1 atom stereocenters. The summed E-state index contributed by atoms with van der Waals surface area (Å²) in [7, 11) is 1.45. The number of alkyl halides is 3. The van der Waals surface area contributed by atoms with Gasteiger partial charge < -0.3 is 5.73 Å². The second-order valence-corrected chi connectivity index (χ2v) is 7.13. The predicted octanol–water partition coefficient (Wildman–Crippen LogP) is 4.20. The van der Waals surface area contributed by atoms with E-state index >= 15 is 0 Å². The number of nitrogens with zero attached hydrogens (tertiary/aromatic N) is 4. The number of rotatable bonds is 2. The van der Waals surface area contributed by atoms with Crippen LogP contribution in [0, 0.1) is 0 Å². The Morgan fingerprint density at radius 3 is 2.59 bits per heavy atom. The molecule has 1 unspecified atom stereocenters. The lowest BCUT2D eigenvalue weighted by Crippen LogP contribution is -2.15. The summed E-state index contributed by atoms with van der Waals surface area (Å²) in [5, 5.41) is 3.56. The third kappa shape index (κ3) is 3.39. The van der Waals surface area contributed by atoms with Crippen molar-refractivity contribution in [2.24, 2.45) is 17.8 Å². The molecule has 2 aromatic heterocycles. The number of nitrogens with two attached hydrogens (primary N) is 1. The Hall–Kier alpha value is -3.16. The van der Waals surface area contributed by atoms with Gasteiger partial charge in [-0.25, -0.2) is 9.67 Å². The van der Waals surface area contributed by atoms with E-state index in [1.807, 2.05) is 37.3 Å². The van der Waals surface area contributed by atoms with Crippen LogP contribution in [0.3, 0.4) is 0 Å². The number of hydrogen-bond donors (Lipinski definition) is 1. The van der Waals surface area contributed by atoms with Gasteiger partial charge in [0.25, 0.3) is 0 Å². The van der Waals surface area contributed by atoms with Crippen LogP contribution in [0.25, 0.3) is 11.0 Å². The van der Waals surface area contributed by atoms with E-state index in [1.54, 1.807) is 0 Å². The molecule has 0 fully saturated rings. The van der Waals surface area contributed by atoms with Crippen LogP contribution in [0.1, 0.15) is 36.1 Å². The fourth-order valence-electron chi connectivity index (χ4n) is 3.80. The summed E-state index contributed by atoms with van der Waals surface area (Å²) in [6.45, 7) is 2.37. The summed E-state index contributed by atoms with van der Waals surface area (Å²) in [6.07, 6.45) is -2.30. The highest BCUT2D eigenvalue weighted by Crippen LogP contribution is 2.35. The number of halogens is 3. The first kappa shape index (κ1) is 19.2. The van der Waals surface area contributed by atoms with E-state index in [2.05, 4.69) is 15.1 Å². The maximum Gasteiger partial charge on any atom is 0.435 e. The molecular formula is C21H20F3N5. The maximum atomic E-state index is 13.4. The molecule has 0 saturated carbocycles. The molecule has 4 rings (SSSR count). The molecule has 29 heavy (non-hydrogen) atoms. The van der Waals surface area contributed by atoms with Gasteiger partial charge in [-0.2, -0.15) is 18.3 Å². The number of aromatic nitrogens is 3. The minimum Gasteiger partial charge on any atom is -0.401 e. The molecule has 5 nitrogen and oxygen atoms in total. The molecule has 0 radical (unpaired) electrons. The standard InChI is InChI=1S/C21H20F3N5/c1-12-17(25)15(13-6-4-3-5-7-13)8-9-26-18(12)14-10-16-19(21(22,23)24)28-29(2)20(16)27-11-14/h3-7,10-11,15H,8-9,25H2,1-2H3. The fraction of sp³-hybridized carbons (Fsp3) is 0.286. The zero-order valence-electron chi connectivity index (χ0n) is 16.0. The first-order valence-electron chi connectivity index (χ1n) is 9.23. The minimum absolute atomic E-state index is 0.0123. The molecule has 0 saturated heterocycles. The summed E-state index contributed by atoms with van der Waals surface area (Å²) in [6, 6.07) is 11.4. The van der Waals surface area contributed by atoms with Crippen LogP contribution in [-0.4, -0.2) is 27.0 Å². The van der Waals surface area contributed by atoms with Crippen molar-refractivity contribution < 1.29 is 13.2 Å². The van der Waals surface area contributed by atoms with Gasteiger partial charge in [-0.05, 0) is 30.5 Å². The van der Waals surface area contributed by atoms with Crippen LogP contribution < -0.4 is 5.73 Å². The zero-order valence-corrected chi connectivity index (χ0v) is 16.0. The summed E-state index contributed by atoms with van der Waals surface area (Å²) in [5.74, 6) is 0.0123. The Morgan fingerprint density at radius 1 is 1.17 bits per heavy atom. The Labute approximate surface area is 165 Å². The van der Waals surface area contributed by atoms with Crippen molar-refractivity contribution in [2.75, 3.05) is 6.54 Å². The van der Waals surface area contributed by atoms with Crippen molar-refractivity contribution >= 4 is 16.7 Å². The summed E-state index contributed by atoms with van der Waals surface area (Å²) in [4.78, 5) is 8.85. The molecule has 3 heterocycles. The van der Waals surface area contributed by atoms with Gasteiger partial charge in [0.15, 0.2) is 11.3 Å². The number of benzene rings is 1. The maximum absolute atomic E-state index is 13.4. The molecule has 1 aliphatic heterocycles. The Bertz CT molecular complexity index is 1130. The first-order chi connectivity index (χ1) is 13.8. The molecule has 0 spiro atoms. The number of allylic oxidation sites excluding steroid dienone is 2. The van der Waals surface area contributed by atoms with E-state index in [0.717, 1.165) is 22.2 Å². The highest BCUT2D eigenvalue weighted by molar-refractivity contribution is 6.14. The number of aryl methyl sites for hydroxylation is 1. The van der Waals surface area contributed by atoms with E-state index in [1.165, 1.54) is 19.3 Å². The van der Waals surface area contributed by atoms with Crippen molar-refractivity contribution in [3.63, 3.8) is 0 Å². The largest absolute Gasteiger partial charge is 0.435 e. The summed E-state index contributed by atoms with van der Waals surface area (Å²) >= 11 is 0. The van der Waals surface area contributed by atoms with Crippen molar-refractivity contribution in [3.8, 4) is 0 Å². The first-order valence-corrected chi connectivity index (χ1v) is 9.23. The molecule has 0 amide bonds. The number of fused-ring (bicyclic) bond motifs is 1.